The highest BCUT2D eigenvalue weighted by Gasteiger charge is 2.35. The van der Waals surface area contributed by atoms with Crippen molar-refractivity contribution in [2.45, 2.75) is 118 Å². The summed E-state index contributed by atoms with van der Waals surface area (Å²) in [7, 11) is 0. The van der Waals surface area contributed by atoms with Crippen LogP contribution in [0.2, 0.25) is 0 Å². The van der Waals surface area contributed by atoms with Crippen molar-refractivity contribution in [1.29, 1.82) is 0 Å². The highest BCUT2D eigenvalue weighted by molar-refractivity contribution is 5.74. The lowest BCUT2D eigenvalue weighted by molar-refractivity contribution is -0.165. The Kier molecular flexibility index (Phi) is 12.2. The molecule has 0 aliphatic heterocycles. The monoisotopic (exact) mass is 456 g/mol. The number of aliphatic hydroxyl groups is 2. The van der Waals surface area contributed by atoms with Crippen LogP contribution in [0.15, 0.2) is 0 Å². The van der Waals surface area contributed by atoms with Crippen LogP contribution in [0.3, 0.4) is 0 Å². The van der Waals surface area contributed by atoms with Gasteiger partial charge in [0.2, 0.25) is 0 Å². The Balaban J connectivity index is 0.000000320. The Morgan fingerprint density at radius 1 is 0.656 bits per heavy atom. The number of ether oxygens (including phenoxy) is 2. The molecule has 0 aromatic heterocycles. The van der Waals surface area contributed by atoms with Crippen LogP contribution in [-0.4, -0.2) is 46.6 Å². The summed E-state index contributed by atoms with van der Waals surface area (Å²) in [5.74, 6) is 2.20. The molecule has 2 N–H and O–H groups in total. The van der Waals surface area contributed by atoms with E-state index >= 15 is 0 Å². The average molecular weight is 457 g/mol. The Morgan fingerprint density at radius 3 is 1.22 bits per heavy atom. The van der Waals surface area contributed by atoms with Crippen LogP contribution >= 0.6 is 0 Å². The standard InChI is InChI=1S/2C13H24O3/c2*1-8(2)11-6-5-9(3)7-12(11)16-13(15)10(4)14/h2*8-12,14H,5-7H2,1-4H3. The van der Waals surface area contributed by atoms with Gasteiger partial charge in [0.1, 0.15) is 24.4 Å². The van der Waals surface area contributed by atoms with Crippen molar-refractivity contribution >= 4 is 11.9 Å². The third kappa shape index (κ3) is 9.38. The van der Waals surface area contributed by atoms with Crippen LogP contribution < -0.4 is 0 Å². The van der Waals surface area contributed by atoms with Crippen molar-refractivity contribution in [3.63, 3.8) is 0 Å². The van der Waals surface area contributed by atoms with E-state index in [0.717, 1.165) is 25.7 Å². The van der Waals surface area contributed by atoms with E-state index in [9.17, 15) is 9.59 Å². The highest BCUT2D eigenvalue weighted by atomic mass is 16.6. The van der Waals surface area contributed by atoms with Crippen molar-refractivity contribution in [3.8, 4) is 0 Å². The molecule has 6 nitrogen and oxygen atoms in total. The summed E-state index contributed by atoms with van der Waals surface area (Å²) in [5, 5.41) is 18.3. The Bertz CT molecular complexity index is 521. The minimum atomic E-state index is -1.01. The van der Waals surface area contributed by atoms with Crippen LogP contribution in [0.4, 0.5) is 0 Å². The summed E-state index contributed by atoms with van der Waals surface area (Å²) < 4.78 is 10.8. The van der Waals surface area contributed by atoms with Crippen LogP contribution in [0.5, 0.6) is 0 Å². The molecule has 0 heterocycles. The van der Waals surface area contributed by atoms with Crippen molar-refractivity contribution in [1.82, 2.24) is 0 Å². The zero-order valence-corrected chi connectivity index (χ0v) is 21.5. The van der Waals surface area contributed by atoms with Gasteiger partial charge in [-0.05, 0) is 75.0 Å². The first kappa shape index (κ1) is 28.9. The summed E-state index contributed by atoms with van der Waals surface area (Å²) in [6.45, 7) is 16.0. The van der Waals surface area contributed by atoms with Crippen LogP contribution in [-0.2, 0) is 19.1 Å². The van der Waals surface area contributed by atoms with E-state index in [4.69, 9.17) is 19.7 Å². The molecule has 0 saturated heterocycles. The van der Waals surface area contributed by atoms with Crippen LogP contribution in [0.1, 0.15) is 93.9 Å². The molecule has 6 heteroatoms. The van der Waals surface area contributed by atoms with Gasteiger partial charge in [-0.25, -0.2) is 9.59 Å². The van der Waals surface area contributed by atoms with Gasteiger partial charge in [0.25, 0.3) is 0 Å². The topological polar surface area (TPSA) is 93.1 Å². The fourth-order valence-electron chi connectivity index (χ4n) is 5.00. The first-order valence-electron chi connectivity index (χ1n) is 12.6. The molecule has 2 aliphatic carbocycles. The van der Waals surface area contributed by atoms with Crippen LogP contribution in [0.25, 0.3) is 0 Å². The normalized spacial score (nSPS) is 32.5. The summed E-state index contributed by atoms with van der Waals surface area (Å²) in [6, 6.07) is 0. The zero-order valence-electron chi connectivity index (χ0n) is 21.5. The first-order valence-corrected chi connectivity index (χ1v) is 12.6. The first-order chi connectivity index (χ1) is 14.8. The van der Waals surface area contributed by atoms with Gasteiger partial charge in [-0.15, -0.1) is 0 Å². The third-order valence-corrected chi connectivity index (χ3v) is 7.14. The molecule has 188 valence electrons. The quantitative estimate of drug-likeness (QED) is 0.561. The van der Waals surface area contributed by atoms with Gasteiger partial charge in [0.15, 0.2) is 0 Å². The number of carbonyl (C=O) groups excluding carboxylic acids is 2. The maximum Gasteiger partial charge on any atom is 0.334 e. The van der Waals surface area contributed by atoms with E-state index in [2.05, 4.69) is 41.5 Å². The molecular formula is C26H48O6. The predicted octanol–water partition coefficient (Wildman–Crippen LogP) is 4.74. The predicted molar refractivity (Wildman–Crippen MR) is 126 cm³/mol. The van der Waals surface area contributed by atoms with E-state index in [0.29, 0.717) is 35.5 Å². The number of hydrogen-bond acceptors (Lipinski definition) is 6. The second-order valence-electron chi connectivity index (χ2n) is 11.0. The van der Waals surface area contributed by atoms with Gasteiger partial charge in [0.05, 0.1) is 0 Å². The smallest absolute Gasteiger partial charge is 0.334 e. The molecular weight excluding hydrogens is 408 g/mol. The number of carbonyl (C=O) groups is 2. The van der Waals surface area contributed by atoms with E-state index in [1.54, 1.807) is 0 Å². The second-order valence-corrected chi connectivity index (χ2v) is 11.0. The number of rotatable bonds is 6. The lowest BCUT2D eigenvalue weighted by atomic mass is 9.75. The van der Waals surface area contributed by atoms with Gasteiger partial charge >= 0.3 is 11.9 Å². The lowest BCUT2D eigenvalue weighted by Crippen LogP contribution is -2.37. The maximum atomic E-state index is 11.4. The van der Waals surface area contributed by atoms with Crippen molar-refractivity contribution in [2.24, 2.45) is 35.5 Å². The molecule has 32 heavy (non-hydrogen) atoms. The van der Waals surface area contributed by atoms with E-state index in [-0.39, 0.29) is 12.2 Å². The molecule has 2 saturated carbocycles. The molecule has 0 bridgehead atoms. The molecule has 0 aromatic rings. The van der Waals surface area contributed by atoms with Gasteiger partial charge in [-0.3, -0.25) is 0 Å². The molecule has 8 unspecified atom stereocenters. The van der Waals surface area contributed by atoms with E-state index in [1.165, 1.54) is 26.7 Å². The summed E-state index contributed by atoms with van der Waals surface area (Å²) in [4.78, 5) is 22.8. The molecule has 0 aromatic carbocycles. The van der Waals surface area contributed by atoms with Crippen molar-refractivity contribution in [3.05, 3.63) is 0 Å². The molecule has 2 rings (SSSR count). The van der Waals surface area contributed by atoms with Gasteiger partial charge in [-0.1, -0.05) is 54.4 Å². The fraction of sp³-hybridized carbons (Fsp3) is 0.923. The van der Waals surface area contributed by atoms with E-state index in [1.807, 2.05) is 0 Å². The third-order valence-electron chi connectivity index (χ3n) is 7.14. The minimum Gasteiger partial charge on any atom is -0.460 e. The van der Waals surface area contributed by atoms with Crippen LogP contribution in [0, 0.1) is 35.5 Å². The highest BCUT2D eigenvalue weighted by Crippen LogP contribution is 2.36. The minimum absolute atomic E-state index is 0.00847. The SMILES string of the molecule is CC1CCC(C(C)C)C(OC(=O)C(C)O)C1.CC1CCC(C(C)C)C(OC(=O)C(C)O)C1. The van der Waals surface area contributed by atoms with Gasteiger partial charge < -0.3 is 19.7 Å². The summed E-state index contributed by atoms with van der Waals surface area (Å²) >= 11 is 0. The van der Waals surface area contributed by atoms with Gasteiger partial charge in [0, 0.05) is 0 Å². The number of aliphatic hydroxyl groups excluding tert-OH is 2. The van der Waals surface area contributed by atoms with Gasteiger partial charge in [-0.2, -0.15) is 0 Å². The fourth-order valence-corrected chi connectivity index (χ4v) is 5.00. The lowest BCUT2D eigenvalue weighted by Gasteiger charge is -2.36. The molecule has 0 spiro atoms. The summed E-state index contributed by atoms with van der Waals surface area (Å²) in [5.41, 5.74) is 0. The Labute approximate surface area is 195 Å². The van der Waals surface area contributed by atoms with Crippen molar-refractivity contribution in [2.75, 3.05) is 0 Å². The average Bonchev–Trinajstić information content (AvgIpc) is 2.67. The van der Waals surface area contributed by atoms with E-state index < -0.39 is 24.1 Å². The molecule has 8 atom stereocenters. The summed E-state index contributed by atoms with van der Waals surface area (Å²) in [6.07, 6.45) is 4.50. The maximum absolute atomic E-state index is 11.4. The second kappa shape index (κ2) is 13.5. The van der Waals surface area contributed by atoms with Crippen molar-refractivity contribution < 1.29 is 29.3 Å². The zero-order chi connectivity index (χ0) is 24.6. The molecule has 0 radical (unpaired) electrons. The Morgan fingerprint density at radius 2 is 0.969 bits per heavy atom. The molecule has 2 aliphatic rings. The number of esters is 2. The number of hydrogen-bond donors (Lipinski definition) is 2. The molecule has 2 fully saturated rings. The Hall–Kier alpha value is -1.14. The molecule has 0 amide bonds. The largest absolute Gasteiger partial charge is 0.460 e.